The lowest BCUT2D eigenvalue weighted by molar-refractivity contribution is 0.399. The number of phenols is 2. The van der Waals surface area contributed by atoms with E-state index < -0.39 is 0 Å². The van der Waals surface area contributed by atoms with Crippen molar-refractivity contribution in [3.8, 4) is 11.5 Å². The molecule has 0 atom stereocenters. The van der Waals surface area contributed by atoms with Gasteiger partial charge in [-0.2, -0.15) is 0 Å². The molecule has 2 N–H and O–H groups in total. The number of rotatable bonds is 5. The van der Waals surface area contributed by atoms with Crippen molar-refractivity contribution in [2.45, 2.75) is 58.8 Å². The minimum atomic E-state index is -0.0945. The Bertz CT molecular complexity index is 381. The van der Waals surface area contributed by atoms with E-state index in [2.05, 4.69) is 20.8 Å². The van der Waals surface area contributed by atoms with Gasteiger partial charge in [0.05, 0.1) is 0 Å². The molecule has 0 amide bonds. The monoisotopic (exact) mass is 236 g/mol. The van der Waals surface area contributed by atoms with Crippen molar-refractivity contribution < 1.29 is 10.2 Å². The molecule has 0 aromatic heterocycles. The molecule has 1 aromatic rings. The quantitative estimate of drug-likeness (QED) is 0.592. The Hall–Kier alpha value is -1.18. The highest BCUT2D eigenvalue weighted by atomic mass is 16.3. The van der Waals surface area contributed by atoms with Crippen LogP contribution in [0.1, 0.15) is 57.6 Å². The number of phenolic OH excluding ortho intramolecular Hbond substituents is 2. The molecule has 17 heavy (non-hydrogen) atoms. The smallest absolute Gasteiger partial charge is 0.122 e. The third kappa shape index (κ3) is 3.39. The van der Waals surface area contributed by atoms with Crippen LogP contribution in [0.4, 0.5) is 0 Å². The summed E-state index contributed by atoms with van der Waals surface area (Å²) in [6, 6.07) is 3.29. The topological polar surface area (TPSA) is 40.5 Å². The molecule has 0 heterocycles. The Labute approximate surface area is 104 Å². The van der Waals surface area contributed by atoms with E-state index >= 15 is 0 Å². The summed E-state index contributed by atoms with van der Waals surface area (Å²) in [6.45, 7) is 8.25. The minimum absolute atomic E-state index is 0.0945. The van der Waals surface area contributed by atoms with E-state index in [4.69, 9.17) is 0 Å². The van der Waals surface area contributed by atoms with E-state index in [0.29, 0.717) is 5.75 Å². The number of hydrogen-bond acceptors (Lipinski definition) is 2. The molecule has 2 nitrogen and oxygen atoms in total. The van der Waals surface area contributed by atoms with Gasteiger partial charge in [-0.15, -0.1) is 0 Å². The van der Waals surface area contributed by atoms with Gasteiger partial charge < -0.3 is 10.2 Å². The van der Waals surface area contributed by atoms with Gasteiger partial charge in [-0.3, -0.25) is 0 Å². The second-order valence-electron chi connectivity index (χ2n) is 5.50. The maximum Gasteiger partial charge on any atom is 0.122 e. The molecule has 0 radical (unpaired) electrons. The second-order valence-corrected chi connectivity index (χ2v) is 5.50. The molecule has 0 aliphatic rings. The molecule has 96 valence electrons. The van der Waals surface area contributed by atoms with Crippen LogP contribution in [-0.2, 0) is 5.41 Å². The Kier molecular flexibility index (Phi) is 4.44. The molecule has 1 rings (SSSR count). The first-order valence-corrected chi connectivity index (χ1v) is 6.41. The highest BCUT2D eigenvalue weighted by Gasteiger charge is 2.24. The van der Waals surface area contributed by atoms with E-state index in [-0.39, 0.29) is 11.2 Å². The average molecular weight is 236 g/mol. The number of benzene rings is 1. The third-order valence-corrected chi connectivity index (χ3v) is 3.42. The average Bonchev–Trinajstić information content (AvgIpc) is 2.23. The summed E-state index contributed by atoms with van der Waals surface area (Å²) in [5, 5.41) is 19.7. The standard InChI is InChI=1S/C15H24O2/c1-5-6-7-8-15(3,4)13-10-12(16)9-11(2)14(13)17/h9-10,16-17H,5-8H2,1-4H3. The van der Waals surface area contributed by atoms with Crippen LogP contribution in [0.3, 0.4) is 0 Å². The van der Waals surface area contributed by atoms with Crippen molar-refractivity contribution in [1.29, 1.82) is 0 Å². The lowest BCUT2D eigenvalue weighted by Gasteiger charge is -2.27. The molecular formula is C15H24O2. The summed E-state index contributed by atoms with van der Waals surface area (Å²) in [4.78, 5) is 0. The van der Waals surface area contributed by atoms with Crippen molar-refractivity contribution in [3.05, 3.63) is 23.3 Å². The Morgan fingerprint density at radius 3 is 2.35 bits per heavy atom. The fourth-order valence-corrected chi connectivity index (χ4v) is 2.23. The van der Waals surface area contributed by atoms with Crippen LogP contribution in [-0.4, -0.2) is 10.2 Å². The Morgan fingerprint density at radius 1 is 1.12 bits per heavy atom. The summed E-state index contributed by atoms with van der Waals surface area (Å²) >= 11 is 0. The van der Waals surface area contributed by atoms with Crippen LogP contribution in [0.5, 0.6) is 11.5 Å². The van der Waals surface area contributed by atoms with Crippen molar-refractivity contribution in [2.75, 3.05) is 0 Å². The SMILES string of the molecule is CCCCCC(C)(C)c1cc(O)cc(C)c1O. The van der Waals surface area contributed by atoms with Crippen LogP contribution < -0.4 is 0 Å². The summed E-state index contributed by atoms with van der Waals surface area (Å²) in [7, 11) is 0. The van der Waals surface area contributed by atoms with Gasteiger partial charge in [0.1, 0.15) is 11.5 Å². The molecule has 0 unspecified atom stereocenters. The molecule has 0 bridgehead atoms. The fourth-order valence-electron chi connectivity index (χ4n) is 2.23. The molecule has 0 fully saturated rings. The lowest BCUT2D eigenvalue weighted by Crippen LogP contribution is -2.17. The number of aryl methyl sites for hydroxylation is 1. The van der Waals surface area contributed by atoms with Crippen LogP contribution in [0.25, 0.3) is 0 Å². The van der Waals surface area contributed by atoms with Gasteiger partial charge >= 0.3 is 0 Å². The van der Waals surface area contributed by atoms with Crippen molar-refractivity contribution in [1.82, 2.24) is 0 Å². The van der Waals surface area contributed by atoms with Crippen molar-refractivity contribution >= 4 is 0 Å². The first-order chi connectivity index (χ1) is 7.88. The Balaban J connectivity index is 2.97. The molecule has 0 aliphatic heterocycles. The second kappa shape index (κ2) is 5.44. The van der Waals surface area contributed by atoms with Crippen LogP contribution in [0.15, 0.2) is 12.1 Å². The van der Waals surface area contributed by atoms with Crippen LogP contribution in [0, 0.1) is 6.92 Å². The molecule has 0 saturated carbocycles. The summed E-state index contributed by atoms with van der Waals surface area (Å²) in [5.74, 6) is 0.558. The predicted molar refractivity (Wildman–Crippen MR) is 71.7 cm³/mol. The number of unbranched alkanes of at least 4 members (excludes halogenated alkanes) is 2. The molecule has 0 aliphatic carbocycles. The van der Waals surface area contributed by atoms with Gasteiger partial charge in [0, 0.05) is 5.56 Å². The summed E-state index contributed by atoms with van der Waals surface area (Å²) in [5.41, 5.74) is 1.50. The highest BCUT2D eigenvalue weighted by Crippen LogP contribution is 2.39. The molecule has 0 saturated heterocycles. The lowest BCUT2D eigenvalue weighted by atomic mass is 9.79. The van der Waals surface area contributed by atoms with Crippen molar-refractivity contribution in [2.24, 2.45) is 0 Å². The Morgan fingerprint density at radius 2 is 1.76 bits per heavy atom. The van der Waals surface area contributed by atoms with Gasteiger partial charge in [0.2, 0.25) is 0 Å². The van der Waals surface area contributed by atoms with E-state index in [1.807, 2.05) is 6.92 Å². The summed E-state index contributed by atoms with van der Waals surface area (Å²) < 4.78 is 0. The largest absolute Gasteiger partial charge is 0.508 e. The molecule has 1 aromatic carbocycles. The maximum atomic E-state index is 10.1. The number of hydrogen-bond donors (Lipinski definition) is 2. The van der Waals surface area contributed by atoms with Gasteiger partial charge in [-0.1, -0.05) is 40.0 Å². The molecule has 0 spiro atoms. The maximum absolute atomic E-state index is 10.1. The van der Waals surface area contributed by atoms with E-state index in [9.17, 15) is 10.2 Å². The van der Waals surface area contributed by atoms with E-state index in [0.717, 1.165) is 24.0 Å². The van der Waals surface area contributed by atoms with Crippen LogP contribution >= 0.6 is 0 Å². The van der Waals surface area contributed by atoms with Gasteiger partial charge in [-0.05, 0) is 36.5 Å². The van der Waals surface area contributed by atoms with Crippen molar-refractivity contribution in [3.63, 3.8) is 0 Å². The normalized spacial score (nSPS) is 11.8. The molecular weight excluding hydrogens is 212 g/mol. The van der Waals surface area contributed by atoms with E-state index in [1.165, 1.54) is 12.8 Å². The third-order valence-electron chi connectivity index (χ3n) is 3.42. The highest BCUT2D eigenvalue weighted by molar-refractivity contribution is 5.48. The minimum Gasteiger partial charge on any atom is -0.508 e. The van der Waals surface area contributed by atoms with Gasteiger partial charge in [0.25, 0.3) is 0 Å². The van der Waals surface area contributed by atoms with Gasteiger partial charge in [-0.25, -0.2) is 0 Å². The fraction of sp³-hybridized carbons (Fsp3) is 0.600. The predicted octanol–water partition coefficient (Wildman–Crippen LogP) is 4.26. The van der Waals surface area contributed by atoms with Gasteiger partial charge in [0.15, 0.2) is 0 Å². The summed E-state index contributed by atoms with van der Waals surface area (Å²) in [6.07, 6.45) is 4.58. The first-order valence-electron chi connectivity index (χ1n) is 6.41. The zero-order valence-electron chi connectivity index (χ0n) is 11.4. The zero-order chi connectivity index (χ0) is 13.1. The first kappa shape index (κ1) is 13.9. The van der Waals surface area contributed by atoms with E-state index in [1.54, 1.807) is 12.1 Å². The zero-order valence-corrected chi connectivity index (χ0v) is 11.4. The molecule has 2 heteroatoms. The van der Waals surface area contributed by atoms with Crippen LogP contribution in [0.2, 0.25) is 0 Å². The number of aromatic hydroxyl groups is 2.